The first kappa shape index (κ1) is 13.4. The van der Waals surface area contributed by atoms with Crippen molar-refractivity contribution in [3.63, 3.8) is 0 Å². The maximum atomic E-state index is 11.2. The van der Waals surface area contributed by atoms with Crippen molar-refractivity contribution in [1.82, 2.24) is 0 Å². The molecule has 0 fully saturated rings. The monoisotopic (exact) mass is 235 g/mol. The number of hydrogen-bond acceptors (Lipinski definition) is 4. The second kappa shape index (κ2) is 8.47. The molecule has 1 rings (SSSR count). The summed E-state index contributed by atoms with van der Waals surface area (Å²) in [5.41, 5.74) is 0.828. The highest BCUT2D eigenvalue weighted by Gasteiger charge is 1.99. The van der Waals surface area contributed by atoms with Crippen molar-refractivity contribution in [2.45, 2.75) is 13.3 Å². The Morgan fingerprint density at radius 3 is 2.76 bits per heavy atom. The quantitative estimate of drug-likeness (QED) is 0.414. The van der Waals surface area contributed by atoms with Gasteiger partial charge in [-0.1, -0.05) is 18.2 Å². The molecule has 0 heterocycles. The van der Waals surface area contributed by atoms with Crippen molar-refractivity contribution in [1.29, 1.82) is 0 Å². The van der Waals surface area contributed by atoms with E-state index in [0.29, 0.717) is 19.8 Å². The van der Waals surface area contributed by atoms with Gasteiger partial charge < -0.3 is 9.47 Å². The van der Waals surface area contributed by atoms with Crippen molar-refractivity contribution in [2.24, 2.45) is 4.99 Å². The molecular weight excluding hydrogens is 218 g/mol. The number of ether oxygens (including phenoxy) is 2. The van der Waals surface area contributed by atoms with Crippen LogP contribution in [-0.4, -0.2) is 32.0 Å². The van der Waals surface area contributed by atoms with E-state index >= 15 is 0 Å². The highest BCUT2D eigenvalue weighted by atomic mass is 16.6. The maximum absolute atomic E-state index is 11.2. The Labute approximate surface area is 101 Å². The van der Waals surface area contributed by atoms with Crippen LogP contribution < -0.4 is 0 Å². The summed E-state index contributed by atoms with van der Waals surface area (Å²) in [5, 5.41) is 0. The molecule has 0 atom stereocenters. The topological polar surface area (TPSA) is 47.9 Å². The zero-order valence-electron chi connectivity index (χ0n) is 9.96. The van der Waals surface area contributed by atoms with Gasteiger partial charge in [0.1, 0.15) is 6.61 Å². The summed E-state index contributed by atoms with van der Waals surface area (Å²) in [6, 6.07) is 9.45. The molecule has 17 heavy (non-hydrogen) atoms. The first-order valence-electron chi connectivity index (χ1n) is 5.64. The number of nitrogens with zero attached hydrogens (tertiary/aromatic N) is 1. The Morgan fingerprint density at radius 1 is 1.29 bits per heavy atom. The summed E-state index contributed by atoms with van der Waals surface area (Å²) in [7, 11) is 0. The number of esters is 1. The molecule has 0 bridgehead atoms. The average Bonchev–Trinajstić information content (AvgIpc) is 2.36. The van der Waals surface area contributed by atoms with Crippen LogP contribution in [0.15, 0.2) is 35.3 Å². The molecule has 4 heteroatoms. The molecular formula is C13H17NO3. The van der Waals surface area contributed by atoms with Crippen LogP contribution in [0.3, 0.4) is 0 Å². The van der Waals surface area contributed by atoms with Gasteiger partial charge in [-0.15, -0.1) is 0 Å². The van der Waals surface area contributed by atoms with Crippen LogP contribution >= 0.6 is 0 Å². The lowest BCUT2D eigenvalue weighted by atomic mass is 10.3. The summed E-state index contributed by atoms with van der Waals surface area (Å²) < 4.78 is 9.97. The van der Waals surface area contributed by atoms with Crippen molar-refractivity contribution < 1.29 is 14.3 Å². The first-order valence-corrected chi connectivity index (χ1v) is 5.64. The molecule has 0 aliphatic heterocycles. The first-order chi connectivity index (χ1) is 8.33. The summed E-state index contributed by atoms with van der Waals surface area (Å²) >= 11 is 0. The second-order valence-corrected chi connectivity index (χ2v) is 3.27. The van der Waals surface area contributed by atoms with Crippen LogP contribution in [0.25, 0.3) is 0 Å². The second-order valence-electron chi connectivity index (χ2n) is 3.27. The number of benzene rings is 1. The predicted octanol–water partition coefficient (Wildman–Crippen LogP) is 2.36. The lowest BCUT2D eigenvalue weighted by molar-refractivity contribution is -0.143. The van der Waals surface area contributed by atoms with Crippen LogP contribution in [0, 0.1) is 0 Å². The number of para-hydroxylation sites is 1. The van der Waals surface area contributed by atoms with Gasteiger partial charge in [0.25, 0.3) is 0 Å². The molecule has 1 aromatic carbocycles. The van der Waals surface area contributed by atoms with Crippen LogP contribution in [0.1, 0.15) is 13.3 Å². The third-order valence-electron chi connectivity index (χ3n) is 1.95. The summed E-state index contributed by atoms with van der Waals surface area (Å²) in [5.74, 6) is -0.288. The smallest absolute Gasteiger partial charge is 0.311 e. The standard InChI is InChI=1S/C13H17NO3/c1-2-16-10-11-17-13(15)8-9-14-12-6-4-3-5-7-12/h3-7,9H,2,8,10-11H2,1H3. The lowest BCUT2D eigenvalue weighted by Gasteiger charge is -2.02. The van der Waals surface area contributed by atoms with Gasteiger partial charge in [0.2, 0.25) is 0 Å². The molecule has 0 aliphatic carbocycles. The number of rotatable bonds is 7. The van der Waals surface area contributed by atoms with Crippen LogP contribution in [0.2, 0.25) is 0 Å². The molecule has 0 aromatic heterocycles. The minimum atomic E-state index is -0.288. The van der Waals surface area contributed by atoms with Crippen molar-refractivity contribution in [3.05, 3.63) is 30.3 Å². The molecule has 1 aromatic rings. The predicted molar refractivity (Wildman–Crippen MR) is 66.7 cm³/mol. The van der Waals surface area contributed by atoms with Crippen LogP contribution in [-0.2, 0) is 14.3 Å². The molecule has 0 aliphatic rings. The van der Waals surface area contributed by atoms with Gasteiger partial charge >= 0.3 is 5.97 Å². The fourth-order valence-electron chi connectivity index (χ4n) is 1.16. The Balaban J connectivity index is 2.17. The maximum Gasteiger partial charge on any atom is 0.311 e. The molecule has 0 amide bonds. The number of carbonyl (C=O) groups is 1. The Kier molecular flexibility index (Phi) is 6.67. The third kappa shape index (κ3) is 6.48. The molecule has 0 spiro atoms. The fourth-order valence-corrected chi connectivity index (χ4v) is 1.16. The average molecular weight is 235 g/mol. The number of carbonyl (C=O) groups excluding carboxylic acids is 1. The van der Waals surface area contributed by atoms with Gasteiger partial charge in [0.05, 0.1) is 18.7 Å². The van der Waals surface area contributed by atoms with E-state index in [-0.39, 0.29) is 12.4 Å². The van der Waals surface area contributed by atoms with Crippen LogP contribution in [0.4, 0.5) is 5.69 Å². The van der Waals surface area contributed by atoms with Gasteiger partial charge in [-0.2, -0.15) is 0 Å². The van der Waals surface area contributed by atoms with Gasteiger partial charge in [-0.3, -0.25) is 9.79 Å². The zero-order chi connectivity index (χ0) is 12.3. The highest BCUT2D eigenvalue weighted by Crippen LogP contribution is 2.08. The Bertz CT molecular complexity index is 349. The van der Waals surface area contributed by atoms with E-state index in [2.05, 4.69) is 4.99 Å². The molecule has 0 saturated heterocycles. The zero-order valence-corrected chi connectivity index (χ0v) is 9.96. The van der Waals surface area contributed by atoms with Crippen LogP contribution in [0.5, 0.6) is 0 Å². The van der Waals surface area contributed by atoms with E-state index in [0.717, 1.165) is 5.69 Å². The molecule has 92 valence electrons. The summed E-state index contributed by atoms with van der Waals surface area (Å²) in [4.78, 5) is 15.4. The Hall–Kier alpha value is -1.68. The van der Waals surface area contributed by atoms with E-state index in [1.54, 1.807) is 6.21 Å². The molecule has 0 unspecified atom stereocenters. The Morgan fingerprint density at radius 2 is 2.06 bits per heavy atom. The molecule has 0 radical (unpaired) electrons. The normalized spacial score (nSPS) is 10.6. The van der Waals surface area contributed by atoms with E-state index < -0.39 is 0 Å². The van der Waals surface area contributed by atoms with Crippen molar-refractivity contribution >= 4 is 17.9 Å². The third-order valence-corrected chi connectivity index (χ3v) is 1.95. The number of aliphatic imine (C=N–C) groups is 1. The summed E-state index contributed by atoms with van der Waals surface area (Å²) in [6.45, 7) is 3.27. The summed E-state index contributed by atoms with van der Waals surface area (Å²) in [6.07, 6.45) is 1.74. The van der Waals surface area contributed by atoms with Crippen molar-refractivity contribution in [2.75, 3.05) is 19.8 Å². The molecule has 0 saturated carbocycles. The number of hydrogen-bond donors (Lipinski definition) is 0. The van der Waals surface area contributed by atoms with Gasteiger partial charge in [-0.25, -0.2) is 0 Å². The van der Waals surface area contributed by atoms with Gasteiger partial charge in [-0.05, 0) is 19.1 Å². The fraction of sp³-hybridized carbons (Fsp3) is 0.385. The molecule has 0 N–H and O–H groups in total. The van der Waals surface area contributed by atoms with E-state index in [1.807, 2.05) is 37.3 Å². The van der Waals surface area contributed by atoms with Crippen molar-refractivity contribution in [3.8, 4) is 0 Å². The van der Waals surface area contributed by atoms with E-state index in [1.165, 1.54) is 0 Å². The largest absolute Gasteiger partial charge is 0.463 e. The SMILES string of the molecule is CCOCCOC(=O)CC=Nc1ccccc1. The van der Waals surface area contributed by atoms with E-state index in [4.69, 9.17) is 9.47 Å². The minimum Gasteiger partial charge on any atom is -0.463 e. The van der Waals surface area contributed by atoms with E-state index in [9.17, 15) is 4.79 Å². The van der Waals surface area contributed by atoms with Gasteiger partial charge in [0.15, 0.2) is 0 Å². The minimum absolute atomic E-state index is 0.182. The lowest BCUT2D eigenvalue weighted by Crippen LogP contribution is -2.10. The highest BCUT2D eigenvalue weighted by molar-refractivity contribution is 5.86. The molecule has 4 nitrogen and oxygen atoms in total. The van der Waals surface area contributed by atoms with Gasteiger partial charge in [0, 0.05) is 12.8 Å².